The van der Waals surface area contributed by atoms with Crippen molar-refractivity contribution in [3.8, 4) is 5.75 Å². The molecule has 1 nitrogen and oxygen atoms in total. The summed E-state index contributed by atoms with van der Waals surface area (Å²) in [4.78, 5) is 0. The van der Waals surface area contributed by atoms with Crippen molar-refractivity contribution in [3.63, 3.8) is 0 Å². The van der Waals surface area contributed by atoms with Crippen LogP contribution in [-0.4, -0.2) is 6.61 Å². The third kappa shape index (κ3) is 1.49. The molecule has 1 heterocycles. The van der Waals surface area contributed by atoms with Crippen LogP contribution in [0, 0.1) is 6.92 Å². The summed E-state index contributed by atoms with van der Waals surface area (Å²) in [5.41, 5.74) is 1.03. The summed E-state index contributed by atoms with van der Waals surface area (Å²) in [5.74, 6) is 0.927. The Morgan fingerprint density at radius 3 is 3.00 bits per heavy atom. The van der Waals surface area contributed by atoms with Crippen molar-refractivity contribution in [1.82, 2.24) is 0 Å². The van der Waals surface area contributed by atoms with Gasteiger partial charge in [0.05, 0.1) is 6.61 Å². The Morgan fingerprint density at radius 1 is 1.50 bits per heavy atom. The molecule has 0 fully saturated rings. The minimum Gasteiger partial charge on any atom is -0.493 e. The van der Waals surface area contributed by atoms with Gasteiger partial charge in [-0.3, -0.25) is 0 Å². The highest BCUT2D eigenvalue weighted by Crippen LogP contribution is 2.37. The van der Waals surface area contributed by atoms with Crippen LogP contribution in [0.3, 0.4) is 0 Å². The van der Waals surface area contributed by atoms with Gasteiger partial charge in [0.15, 0.2) is 0 Å². The summed E-state index contributed by atoms with van der Waals surface area (Å²) in [6.45, 7) is 4.65. The Labute approximate surface area is 92.3 Å². The summed E-state index contributed by atoms with van der Waals surface area (Å²) in [7, 11) is 0. The van der Waals surface area contributed by atoms with Gasteiger partial charge in [-0.15, -0.1) is 11.3 Å². The zero-order valence-corrected chi connectivity index (χ0v) is 9.71. The molecule has 0 radical (unpaired) electrons. The number of thiophene rings is 1. The van der Waals surface area contributed by atoms with E-state index in [1.807, 2.05) is 19.9 Å². The molecule has 0 spiro atoms. The quantitative estimate of drug-likeness (QED) is 0.744. The number of fused-ring (bicyclic) bond motifs is 1. The normalized spacial score (nSPS) is 10.8. The zero-order valence-electron chi connectivity index (χ0n) is 8.13. The van der Waals surface area contributed by atoms with Crippen LogP contribution in [0.25, 0.3) is 10.1 Å². The van der Waals surface area contributed by atoms with Gasteiger partial charge < -0.3 is 4.74 Å². The number of rotatable bonds is 2. The van der Waals surface area contributed by atoms with Gasteiger partial charge in [-0.2, -0.15) is 0 Å². The lowest BCUT2D eigenvalue weighted by Crippen LogP contribution is -1.94. The van der Waals surface area contributed by atoms with E-state index in [0.717, 1.165) is 16.3 Å². The van der Waals surface area contributed by atoms with Gasteiger partial charge in [0.25, 0.3) is 0 Å². The van der Waals surface area contributed by atoms with Crippen LogP contribution in [0.15, 0.2) is 17.5 Å². The molecule has 0 aliphatic heterocycles. The second-order valence-electron chi connectivity index (χ2n) is 3.08. The molecule has 2 rings (SSSR count). The molecule has 0 saturated carbocycles. The maximum atomic E-state index is 6.11. The fourth-order valence-corrected chi connectivity index (χ4v) is 2.57. The molecular weight excluding hydrogens is 216 g/mol. The molecule has 0 N–H and O–H groups in total. The summed E-state index contributed by atoms with van der Waals surface area (Å²) in [5, 5.41) is 4.00. The minimum absolute atomic E-state index is 0.673. The van der Waals surface area contributed by atoms with Crippen LogP contribution in [0.2, 0.25) is 5.02 Å². The topological polar surface area (TPSA) is 9.23 Å². The molecule has 1 aromatic carbocycles. The van der Waals surface area contributed by atoms with Crippen LogP contribution in [0.1, 0.15) is 12.5 Å². The Kier molecular flexibility index (Phi) is 2.66. The maximum absolute atomic E-state index is 6.11. The number of benzene rings is 1. The van der Waals surface area contributed by atoms with Gasteiger partial charge in [-0.05, 0) is 31.4 Å². The highest BCUT2D eigenvalue weighted by Gasteiger charge is 2.10. The van der Waals surface area contributed by atoms with E-state index < -0.39 is 0 Å². The largest absolute Gasteiger partial charge is 0.493 e. The van der Waals surface area contributed by atoms with Crippen molar-refractivity contribution < 1.29 is 4.74 Å². The summed E-state index contributed by atoms with van der Waals surface area (Å²) < 4.78 is 6.80. The molecule has 74 valence electrons. The first-order chi connectivity index (χ1) is 6.74. The number of ether oxygens (including phenoxy) is 1. The number of hydrogen-bond donors (Lipinski definition) is 0. The lowest BCUT2D eigenvalue weighted by atomic mass is 10.1. The van der Waals surface area contributed by atoms with Crippen molar-refractivity contribution in [2.75, 3.05) is 6.61 Å². The van der Waals surface area contributed by atoms with Crippen molar-refractivity contribution in [2.45, 2.75) is 13.8 Å². The molecular formula is C11H11ClOS. The van der Waals surface area contributed by atoms with E-state index in [1.54, 1.807) is 11.3 Å². The first kappa shape index (κ1) is 9.81. The molecule has 14 heavy (non-hydrogen) atoms. The third-order valence-electron chi connectivity index (χ3n) is 2.19. The van der Waals surface area contributed by atoms with Crippen LogP contribution < -0.4 is 4.74 Å². The van der Waals surface area contributed by atoms with E-state index in [9.17, 15) is 0 Å². The summed E-state index contributed by atoms with van der Waals surface area (Å²) in [6.07, 6.45) is 0. The zero-order chi connectivity index (χ0) is 10.1. The van der Waals surface area contributed by atoms with E-state index in [2.05, 4.69) is 11.4 Å². The average Bonchev–Trinajstić information content (AvgIpc) is 2.60. The molecule has 0 amide bonds. The van der Waals surface area contributed by atoms with Gasteiger partial charge >= 0.3 is 0 Å². The Balaban J connectivity index is 2.73. The van der Waals surface area contributed by atoms with Crippen LogP contribution >= 0.6 is 22.9 Å². The first-order valence-electron chi connectivity index (χ1n) is 4.53. The van der Waals surface area contributed by atoms with Crippen LogP contribution in [-0.2, 0) is 0 Å². The SMILES string of the molecule is CCOc1c(C)c(Cl)cc2sccc12. The van der Waals surface area contributed by atoms with Crippen molar-refractivity contribution >= 4 is 33.0 Å². The van der Waals surface area contributed by atoms with E-state index in [1.165, 1.54) is 10.1 Å². The second kappa shape index (κ2) is 3.79. The van der Waals surface area contributed by atoms with Crippen molar-refractivity contribution in [1.29, 1.82) is 0 Å². The molecule has 1 aromatic heterocycles. The molecule has 3 heteroatoms. The van der Waals surface area contributed by atoms with Crippen molar-refractivity contribution in [2.24, 2.45) is 0 Å². The molecule has 0 bridgehead atoms. The Bertz CT molecular complexity index is 462. The summed E-state index contributed by atoms with van der Waals surface area (Å²) in [6, 6.07) is 4.08. The highest BCUT2D eigenvalue weighted by atomic mass is 35.5. The molecule has 0 atom stereocenters. The fraction of sp³-hybridized carbons (Fsp3) is 0.273. The Morgan fingerprint density at radius 2 is 2.29 bits per heavy atom. The fourth-order valence-electron chi connectivity index (χ4n) is 1.48. The Hall–Kier alpha value is -0.730. The minimum atomic E-state index is 0.673. The van der Waals surface area contributed by atoms with Crippen LogP contribution in [0.4, 0.5) is 0 Å². The number of halogens is 1. The van der Waals surface area contributed by atoms with Crippen molar-refractivity contribution in [3.05, 3.63) is 28.1 Å². The third-order valence-corrected chi connectivity index (χ3v) is 3.44. The highest BCUT2D eigenvalue weighted by molar-refractivity contribution is 7.17. The van der Waals surface area contributed by atoms with Gasteiger partial charge in [0.2, 0.25) is 0 Å². The monoisotopic (exact) mass is 226 g/mol. The first-order valence-corrected chi connectivity index (χ1v) is 5.79. The van der Waals surface area contributed by atoms with Gasteiger partial charge in [0, 0.05) is 20.7 Å². The molecule has 0 unspecified atom stereocenters. The lowest BCUT2D eigenvalue weighted by molar-refractivity contribution is 0.342. The molecule has 0 aliphatic carbocycles. The molecule has 0 saturated heterocycles. The van der Waals surface area contributed by atoms with Gasteiger partial charge in [-0.1, -0.05) is 11.6 Å². The predicted octanol–water partition coefficient (Wildman–Crippen LogP) is 4.26. The maximum Gasteiger partial charge on any atom is 0.132 e. The molecule has 2 aromatic rings. The van der Waals surface area contributed by atoms with Gasteiger partial charge in [0.1, 0.15) is 5.75 Å². The predicted molar refractivity (Wildman–Crippen MR) is 62.7 cm³/mol. The smallest absolute Gasteiger partial charge is 0.132 e. The standard InChI is InChI=1S/C11H11ClOS/c1-3-13-11-7(2)9(12)6-10-8(11)4-5-14-10/h4-6H,3H2,1-2H3. The van der Waals surface area contributed by atoms with E-state index in [4.69, 9.17) is 16.3 Å². The average molecular weight is 227 g/mol. The van der Waals surface area contributed by atoms with Crippen LogP contribution in [0.5, 0.6) is 5.75 Å². The number of hydrogen-bond acceptors (Lipinski definition) is 2. The van der Waals surface area contributed by atoms with E-state index in [-0.39, 0.29) is 0 Å². The second-order valence-corrected chi connectivity index (χ2v) is 4.43. The van der Waals surface area contributed by atoms with Gasteiger partial charge in [-0.25, -0.2) is 0 Å². The summed E-state index contributed by atoms with van der Waals surface area (Å²) >= 11 is 7.80. The van der Waals surface area contributed by atoms with E-state index in [0.29, 0.717) is 6.61 Å². The molecule has 0 aliphatic rings. The van der Waals surface area contributed by atoms with E-state index >= 15 is 0 Å². The lowest BCUT2D eigenvalue weighted by Gasteiger charge is -2.09.